The van der Waals surface area contributed by atoms with E-state index in [1.165, 1.54) is 0 Å². The van der Waals surface area contributed by atoms with Crippen molar-refractivity contribution >= 4 is 33.1 Å². The molecule has 0 saturated carbocycles. The number of aromatic nitrogens is 1. The second-order valence-electron chi connectivity index (χ2n) is 4.01. The van der Waals surface area contributed by atoms with Crippen molar-refractivity contribution in [2.24, 2.45) is 0 Å². The van der Waals surface area contributed by atoms with Gasteiger partial charge in [0.05, 0.1) is 15.7 Å². The number of fused-ring (bicyclic) bond motifs is 1. The molecule has 0 N–H and O–H groups in total. The minimum atomic E-state index is 0.245. The summed E-state index contributed by atoms with van der Waals surface area (Å²) in [7, 11) is 0. The van der Waals surface area contributed by atoms with Gasteiger partial charge in [-0.15, -0.1) is 11.3 Å². The molecular formula is C12H12N2OS. The Kier molecular flexibility index (Phi) is 2.36. The highest BCUT2D eigenvalue weighted by Gasteiger charge is 2.19. The summed E-state index contributed by atoms with van der Waals surface area (Å²) in [4.78, 5) is 17.9. The van der Waals surface area contributed by atoms with Gasteiger partial charge in [0.15, 0.2) is 0 Å². The predicted molar refractivity (Wildman–Crippen MR) is 65.8 cm³/mol. The molecule has 1 aromatic carbocycles. The van der Waals surface area contributed by atoms with Crippen molar-refractivity contribution in [3.8, 4) is 0 Å². The SMILES string of the molecule is O=C1CCCCN1c1ccc2ncsc2c1. The summed E-state index contributed by atoms with van der Waals surface area (Å²) in [6, 6.07) is 6.05. The van der Waals surface area contributed by atoms with Crippen molar-refractivity contribution < 1.29 is 4.79 Å². The number of thiazole rings is 1. The first-order valence-corrected chi connectivity index (χ1v) is 6.36. The summed E-state index contributed by atoms with van der Waals surface area (Å²) >= 11 is 1.62. The lowest BCUT2D eigenvalue weighted by molar-refractivity contribution is -0.119. The normalized spacial score (nSPS) is 17.0. The number of piperidine rings is 1. The molecule has 1 aliphatic rings. The van der Waals surface area contributed by atoms with Crippen LogP contribution in [0.25, 0.3) is 10.2 Å². The zero-order chi connectivity index (χ0) is 11.0. The molecule has 3 nitrogen and oxygen atoms in total. The highest BCUT2D eigenvalue weighted by molar-refractivity contribution is 7.16. The Morgan fingerprint density at radius 1 is 1.31 bits per heavy atom. The van der Waals surface area contributed by atoms with Crippen molar-refractivity contribution in [1.29, 1.82) is 0 Å². The zero-order valence-electron chi connectivity index (χ0n) is 8.85. The van der Waals surface area contributed by atoms with Gasteiger partial charge in [0.2, 0.25) is 5.91 Å². The van der Waals surface area contributed by atoms with Gasteiger partial charge in [-0.1, -0.05) is 0 Å². The lowest BCUT2D eigenvalue weighted by atomic mass is 10.1. The lowest BCUT2D eigenvalue weighted by Gasteiger charge is -2.26. The van der Waals surface area contributed by atoms with Crippen LogP contribution >= 0.6 is 11.3 Å². The van der Waals surface area contributed by atoms with E-state index in [9.17, 15) is 4.79 Å². The molecule has 4 heteroatoms. The van der Waals surface area contributed by atoms with Crippen LogP contribution in [0.15, 0.2) is 23.7 Å². The van der Waals surface area contributed by atoms with Gasteiger partial charge in [-0.05, 0) is 31.0 Å². The van der Waals surface area contributed by atoms with Gasteiger partial charge in [0.25, 0.3) is 0 Å². The molecule has 2 aromatic rings. The minimum absolute atomic E-state index is 0.245. The number of rotatable bonds is 1. The highest BCUT2D eigenvalue weighted by atomic mass is 32.1. The average Bonchev–Trinajstić information content (AvgIpc) is 2.76. The van der Waals surface area contributed by atoms with E-state index >= 15 is 0 Å². The molecule has 1 amide bonds. The quantitative estimate of drug-likeness (QED) is 0.757. The first kappa shape index (κ1) is 9.78. The molecule has 3 rings (SSSR count). The lowest BCUT2D eigenvalue weighted by Crippen LogP contribution is -2.35. The molecular weight excluding hydrogens is 220 g/mol. The maximum atomic E-state index is 11.8. The molecule has 0 bridgehead atoms. The molecule has 1 fully saturated rings. The summed E-state index contributed by atoms with van der Waals surface area (Å²) in [6.07, 6.45) is 2.81. The third-order valence-corrected chi connectivity index (χ3v) is 3.74. The molecule has 0 unspecified atom stereocenters. The fraction of sp³-hybridized carbons (Fsp3) is 0.333. The summed E-state index contributed by atoms with van der Waals surface area (Å²) in [5, 5.41) is 0. The molecule has 82 valence electrons. The second kappa shape index (κ2) is 3.87. The first-order chi connectivity index (χ1) is 7.84. The van der Waals surface area contributed by atoms with Crippen LogP contribution in [0.4, 0.5) is 5.69 Å². The van der Waals surface area contributed by atoms with Crippen LogP contribution < -0.4 is 4.90 Å². The number of hydrogen-bond donors (Lipinski definition) is 0. The van der Waals surface area contributed by atoms with E-state index in [-0.39, 0.29) is 5.91 Å². The van der Waals surface area contributed by atoms with Crippen LogP contribution in [-0.4, -0.2) is 17.4 Å². The van der Waals surface area contributed by atoms with E-state index < -0.39 is 0 Å². The molecule has 16 heavy (non-hydrogen) atoms. The molecule has 1 aromatic heterocycles. The Labute approximate surface area is 97.7 Å². The Morgan fingerprint density at radius 3 is 3.12 bits per heavy atom. The van der Waals surface area contributed by atoms with Crippen LogP contribution in [-0.2, 0) is 4.79 Å². The van der Waals surface area contributed by atoms with Crippen LogP contribution in [0.1, 0.15) is 19.3 Å². The molecule has 1 aliphatic heterocycles. The number of hydrogen-bond acceptors (Lipinski definition) is 3. The summed E-state index contributed by atoms with van der Waals surface area (Å²) in [5.74, 6) is 0.245. The molecule has 1 saturated heterocycles. The van der Waals surface area contributed by atoms with E-state index in [0.29, 0.717) is 6.42 Å². The number of amides is 1. The summed E-state index contributed by atoms with van der Waals surface area (Å²) < 4.78 is 1.15. The van der Waals surface area contributed by atoms with Gasteiger partial charge < -0.3 is 4.90 Å². The Balaban J connectivity index is 2.00. The fourth-order valence-corrected chi connectivity index (χ4v) is 2.80. The number of anilines is 1. The number of nitrogens with zero attached hydrogens (tertiary/aromatic N) is 2. The van der Waals surface area contributed by atoms with Crippen molar-refractivity contribution in [2.75, 3.05) is 11.4 Å². The van der Waals surface area contributed by atoms with E-state index in [1.54, 1.807) is 11.3 Å². The predicted octanol–water partition coefficient (Wildman–Crippen LogP) is 2.81. The van der Waals surface area contributed by atoms with Crippen molar-refractivity contribution in [3.63, 3.8) is 0 Å². The Bertz CT molecular complexity index is 535. The average molecular weight is 232 g/mol. The van der Waals surface area contributed by atoms with E-state index in [1.807, 2.05) is 22.5 Å². The van der Waals surface area contributed by atoms with Gasteiger partial charge in [-0.3, -0.25) is 4.79 Å². The number of benzene rings is 1. The van der Waals surface area contributed by atoms with Crippen molar-refractivity contribution in [1.82, 2.24) is 4.98 Å². The van der Waals surface area contributed by atoms with Crippen molar-refractivity contribution in [2.45, 2.75) is 19.3 Å². The van der Waals surface area contributed by atoms with E-state index in [2.05, 4.69) is 11.1 Å². The number of carbonyl (C=O) groups is 1. The maximum absolute atomic E-state index is 11.8. The van der Waals surface area contributed by atoms with Gasteiger partial charge >= 0.3 is 0 Å². The molecule has 0 aliphatic carbocycles. The largest absolute Gasteiger partial charge is 0.312 e. The van der Waals surface area contributed by atoms with Crippen molar-refractivity contribution in [3.05, 3.63) is 23.7 Å². The van der Waals surface area contributed by atoms with Gasteiger partial charge in [-0.2, -0.15) is 0 Å². The number of carbonyl (C=O) groups excluding carboxylic acids is 1. The molecule has 0 spiro atoms. The minimum Gasteiger partial charge on any atom is -0.312 e. The molecule has 2 heterocycles. The summed E-state index contributed by atoms with van der Waals surface area (Å²) in [5.41, 5.74) is 3.87. The van der Waals surface area contributed by atoms with Gasteiger partial charge in [0, 0.05) is 18.7 Å². The smallest absolute Gasteiger partial charge is 0.226 e. The Hall–Kier alpha value is -1.42. The summed E-state index contributed by atoms with van der Waals surface area (Å²) in [6.45, 7) is 0.850. The molecule has 0 atom stereocenters. The van der Waals surface area contributed by atoms with E-state index in [0.717, 1.165) is 35.3 Å². The first-order valence-electron chi connectivity index (χ1n) is 5.48. The zero-order valence-corrected chi connectivity index (χ0v) is 9.67. The highest BCUT2D eigenvalue weighted by Crippen LogP contribution is 2.26. The second-order valence-corrected chi connectivity index (χ2v) is 4.89. The maximum Gasteiger partial charge on any atom is 0.226 e. The Morgan fingerprint density at radius 2 is 2.25 bits per heavy atom. The van der Waals surface area contributed by atoms with Gasteiger partial charge in [0.1, 0.15) is 0 Å². The van der Waals surface area contributed by atoms with Crippen LogP contribution in [0.2, 0.25) is 0 Å². The topological polar surface area (TPSA) is 33.2 Å². The monoisotopic (exact) mass is 232 g/mol. The van der Waals surface area contributed by atoms with Crippen LogP contribution in [0.5, 0.6) is 0 Å². The molecule has 0 radical (unpaired) electrons. The third kappa shape index (κ3) is 1.59. The fourth-order valence-electron chi connectivity index (χ4n) is 2.09. The third-order valence-electron chi connectivity index (χ3n) is 2.95. The van der Waals surface area contributed by atoms with Gasteiger partial charge in [-0.25, -0.2) is 4.98 Å². The standard InChI is InChI=1S/C12H12N2OS/c15-12-3-1-2-6-14(12)9-4-5-10-11(7-9)16-8-13-10/h4-5,7-8H,1-3,6H2. The van der Waals surface area contributed by atoms with E-state index in [4.69, 9.17) is 0 Å². The van der Waals surface area contributed by atoms with Crippen LogP contribution in [0.3, 0.4) is 0 Å². The van der Waals surface area contributed by atoms with Crippen LogP contribution in [0, 0.1) is 0 Å².